The van der Waals surface area contributed by atoms with Crippen LogP contribution in [-0.2, 0) is 6.42 Å². The number of aryl methyl sites for hydroxylation is 1. The molecule has 1 aliphatic carbocycles. The van der Waals surface area contributed by atoms with E-state index >= 15 is 0 Å². The first-order valence-corrected chi connectivity index (χ1v) is 11.5. The van der Waals surface area contributed by atoms with E-state index in [-0.39, 0.29) is 0 Å². The van der Waals surface area contributed by atoms with Crippen LogP contribution in [0, 0.1) is 12.8 Å². The summed E-state index contributed by atoms with van der Waals surface area (Å²) < 4.78 is 0. The summed E-state index contributed by atoms with van der Waals surface area (Å²) >= 11 is 0. The Morgan fingerprint density at radius 1 is 1.26 bits per heavy atom. The van der Waals surface area contributed by atoms with E-state index in [9.17, 15) is 0 Å². The van der Waals surface area contributed by atoms with Crippen molar-refractivity contribution in [2.24, 2.45) is 27.5 Å². The molecule has 2 rings (SSSR count). The van der Waals surface area contributed by atoms with E-state index in [0.29, 0.717) is 18.5 Å². The van der Waals surface area contributed by atoms with E-state index in [2.05, 4.69) is 29.6 Å². The highest BCUT2D eigenvalue weighted by Crippen LogP contribution is 2.28. The van der Waals surface area contributed by atoms with Crippen LogP contribution in [0.3, 0.4) is 0 Å². The Bertz CT molecular complexity index is 828. The molecule has 1 saturated carbocycles. The third-order valence-corrected chi connectivity index (χ3v) is 6.00. The van der Waals surface area contributed by atoms with Gasteiger partial charge in [-0.2, -0.15) is 0 Å². The Kier molecular flexibility index (Phi) is 9.92. The van der Waals surface area contributed by atoms with Gasteiger partial charge in [0.25, 0.3) is 0 Å². The molecule has 0 aromatic carbocycles. The van der Waals surface area contributed by atoms with Crippen LogP contribution in [-0.4, -0.2) is 29.1 Å². The van der Waals surface area contributed by atoms with E-state index in [1.54, 1.807) is 18.3 Å². The maximum Gasteiger partial charge on any atom is 0.128 e. The molecule has 0 bridgehead atoms. The maximum atomic E-state index is 6.53. The van der Waals surface area contributed by atoms with Gasteiger partial charge in [0.2, 0.25) is 0 Å². The van der Waals surface area contributed by atoms with Gasteiger partial charge >= 0.3 is 0 Å². The third kappa shape index (κ3) is 7.62. The predicted octanol–water partition coefficient (Wildman–Crippen LogP) is 5.14. The summed E-state index contributed by atoms with van der Waals surface area (Å²) in [6.45, 7) is 9.95. The molecular formula is C25H40N6. The number of hydrogen-bond acceptors (Lipinski definition) is 5. The average Bonchev–Trinajstić information content (AvgIpc) is 2.75. The molecule has 0 amide bonds. The second kappa shape index (κ2) is 12.4. The van der Waals surface area contributed by atoms with Gasteiger partial charge < -0.3 is 10.7 Å². The number of pyridine rings is 1. The predicted molar refractivity (Wildman–Crippen MR) is 133 cm³/mol. The molecule has 1 aromatic rings. The monoisotopic (exact) mass is 424 g/mol. The van der Waals surface area contributed by atoms with Crippen LogP contribution in [0.25, 0.3) is 5.70 Å². The summed E-state index contributed by atoms with van der Waals surface area (Å²) in [6.07, 6.45) is 11.7. The molecule has 1 heterocycles. The van der Waals surface area contributed by atoms with Crippen molar-refractivity contribution in [2.45, 2.75) is 78.6 Å². The fourth-order valence-electron chi connectivity index (χ4n) is 4.10. The minimum absolute atomic E-state index is 0.603. The zero-order valence-corrected chi connectivity index (χ0v) is 19.8. The maximum absolute atomic E-state index is 6.53. The standard InChI is InChI=1S/C25H40N6/c1-6-18(3)29-24(28-7-2)16-15-23(31(5)27)25(26)22-14-13-21(19(4)30-22)17-20-11-9-8-10-12-20/h7,13-14,20H,3,6,8-12,15-17,26-27H2,1-2,4-5H3/b25-23-,28-7?,29-24?. The van der Waals surface area contributed by atoms with Crippen LogP contribution in [0.5, 0.6) is 0 Å². The quantitative estimate of drug-likeness (QED) is 0.248. The van der Waals surface area contributed by atoms with Gasteiger partial charge in [-0.15, -0.1) is 0 Å². The van der Waals surface area contributed by atoms with Crippen molar-refractivity contribution < 1.29 is 0 Å². The van der Waals surface area contributed by atoms with Crippen LogP contribution < -0.4 is 11.6 Å². The van der Waals surface area contributed by atoms with Crippen LogP contribution in [0.1, 0.15) is 82.2 Å². The summed E-state index contributed by atoms with van der Waals surface area (Å²) in [5.74, 6) is 7.64. The zero-order chi connectivity index (χ0) is 22.8. The Morgan fingerprint density at radius 3 is 2.55 bits per heavy atom. The summed E-state index contributed by atoms with van der Waals surface area (Å²) in [7, 11) is 1.80. The van der Waals surface area contributed by atoms with Crippen LogP contribution in [0.2, 0.25) is 0 Å². The van der Waals surface area contributed by atoms with E-state index in [0.717, 1.165) is 47.4 Å². The first-order valence-electron chi connectivity index (χ1n) is 11.5. The minimum Gasteiger partial charge on any atom is -0.396 e. The van der Waals surface area contributed by atoms with Crippen LogP contribution in [0.15, 0.2) is 40.1 Å². The van der Waals surface area contributed by atoms with E-state index in [4.69, 9.17) is 16.6 Å². The minimum atomic E-state index is 0.603. The molecule has 1 aromatic heterocycles. The van der Waals surface area contributed by atoms with Crippen molar-refractivity contribution in [3.8, 4) is 0 Å². The smallest absolute Gasteiger partial charge is 0.128 e. The van der Waals surface area contributed by atoms with Crippen molar-refractivity contribution in [2.75, 3.05) is 7.05 Å². The molecule has 170 valence electrons. The second-order valence-electron chi connectivity index (χ2n) is 8.46. The van der Waals surface area contributed by atoms with E-state index in [1.165, 1.54) is 37.7 Å². The highest BCUT2D eigenvalue weighted by molar-refractivity contribution is 5.90. The normalized spacial score (nSPS) is 16.5. The number of nitrogens with two attached hydrogens (primary N) is 2. The van der Waals surface area contributed by atoms with Gasteiger partial charge in [-0.3, -0.25) is 4.98 Å². The lowest BCUT2D eigenvalue weighted by Gasteiger charge is -2.23. The average molecular weight is 425 g/mol. The topological polar surface area (TPSA) is 92.9 Å². The molecule has 1 aliphatic rings. The molecule has 31 heavy (non-hydrogen) atoms. The Balaban J connectivity index is 2.20. The molecule has 0 saturated heterocycles. The highest BCUT2D eigenvalue weighted by Gasteiger charge is 2.17. The van der Waals surface area contributed by atoms with Crippen LogP contribution >= 0.6 is 0 Å². The summed E-state index contributed by atoms with van der Waals surface area (Å²) in [4.78, 5) is 13.7. The molecule has 0 radical (unpaired) electrons. The van der Waals surface area contributed by atoms with Gasteiger partial charge in [-0.1, -0.05) is 51.7 Å². The van der Waals surface area contributed by atoms with Gasteiger partial charge in [-0.25, -0.2) is 15.8 Å². The van der Waals surface area contributed by atoms with Gasteiger partial charge in [0.05, 0.1) is 17.1 Å². The van der Waals surface area contributed by atoms with Crippen molar-refractivity contribution in [3.63, 3.8) is 0 Å². The summed E-state index contributed by atoms with van der Waals surface area (Å²) in [5, 5.41) is 1.57. The number of allylic oxidation sites excluding steroid dienone is 2. The Morgan fingerprint density at radius 2 is 1.97 bits per heavy atom. The molecule has 1 fully saturated rings. The zero-order valence-electron chi connectivity index (χ0n) is 19.8. The number of aromatic nitrogens is 1. The van der Waals surface area contributed by atoms with Crippen molar-refractivity contribution in [1.82, 2.24) is 9.99 Å². The molecule has 4 N–H and O–H groups in total. The third-order valence-electron chi connectivity index (χ3n) is 6.00. The second-order valence-corrected chi connectivity index (χ2v) is 8.46. The SMILES string of the molecule is C=C(CC)N=C(CC/C(=C(/N)c1ccc(CC2CCCCC2)c(C)n1)N(C)N)N=CC. The fourth-order valence-corrected chi connectivity index (χ4v) is 4.10. The largest absolute Gasteiger partial charge is 0.396 e. The first kappa shape index (κ1) is 24.8. The molecule has 0 spiro atoms. The summed E-state index contributed by atoms with van der Waals surface area (Å²) in [5.41, 5.74) is 11.9. The van der Waals surface area contributed by atoms with Gasteiger partial charge in [0.15, 0.2) is 0 Å². The van der Waals surface area contributed by atoms with Crippen LogP contribution in [0.4, 0.5) is 0 Å². The van der Waals surface area contributed by atoms with Gasteiger partial charge in [-0.05, 0) is 50.7 Å². The number of hydrazine groups is 1. The molecule has 6 heteroatoms. The Labute approximate surface area is 188 Å². The molecule has 6 nitrogen and oxygen atoms in total. The lowest BCUT2D eigenvalue weighted by atomic mass is 9.84. The van der Waals surface area contributed by atoms with Crippen molar-refractivity contribution >= 4 is 17.7 Å². The van der Waals surface area contributed by atoms with Crippen molar-refractivity contribution in [3.05, 3.63) is 47.1 Å². The Hall–Kier alpha value is -2.47. The first-order chi connectivity index (χ1) is 14.8. The highest BCUT2D eigenvalue weighted by atomic mass is 15.4. The molecule has 0 aliphatic heterocycles. The molecule has 0 atom stereocenters. The summed E-state index contributed by atoms with van der Waals surface area (Å²) in [6, 6.07) is 4.22. The lowest BCUT2D eigenvalue weighted by molar-refractivity contribution is 0.356. The van der Waals surface area contributed by atoms with E-state index < -0.39 is 0 Å². The number of aliphatic imine (C=N–C) groups is 2. The number of hydrogen-bond donors (Lipinski definition) is 2. The number of nitrogens with zero attached hydrogens (tertiary/aromatic N) is 4. The fraction of sp³-hybridized carbons (Fsp3) is 0.560. The molecular weight excluding hydrogens is 384 g/mol. The number of amidine groups is 1. The lowest BCUT2D eigenvalue weighted by Crippen LogP contribution is -2.28. The number of rotatable bonds is 9. The van der Waals surface area contributed by atoms with E-state index in [1.807, 2.05) is 19.9 Å². The van der Waals surface area contributed by atoms with Gasteiger partial charge in [0, 0.05) is 31.1 Å². The van der Waals surface area contributed by atoms with Crippen molar-refractivity contribution in [1.29, 1.82) is 0 Å². The molecule has 0 unspecified atom stereocenters. The van der Waals surface area contributed by atoms with Gasteiger partial charge in [0.1, 0.15) is 5.84 Å².